The number of hydrogen-bond acceptors (Lipinski definition) is 5. The Morgan fingerprint density at radius 2 is 2.20 bits per heavy atom. The van der Waals surface area contributed by atoms with Crippen LogP contribution in [0, 0.1) is 12.8 Å². The Hall–Kier alpha value is -1.89. The minimum Gasteiger partial charge on any atom is -0.389 e. The zero-order valence-electron chi connectivity index (χ0n) is 15.0. The number of ether oxygens (including phenoxy) is 1. The Bertz CT molecular complexity index is 659. The zero-order chi connectivity index (χ0) is 17.6. The fourth-order valence-electron chi connectivity index (χ4n) is 3.11. The zero-order valence-corrected chi connectivity index (χ0v) is 15.0. The van der Waals surface area contributed by atoms with Crippen molar-refractivity contribution in [1.29, 1.82) is 0 Å². The quantitative estimate of drug-likeness (QED) is 0.683. The molecule has 6 heteroatoms. The number of benzene rings is 1. The lowest BCUT2D eigenvalue weighted by atomic mass is 10.1. The number of nitrogens with zero attached hydrogens (tertiary/aromatic N) is 2. The SMILES string of the molecule is Cc1cc2n(n1)C[C@H](CNC[C@H](O)CO[C@@H](C)c1ccccc1)CN2. The molecule has 3 atom stereocenters. The first-order valence-corrected chi connectivity index (χ1v) is 8.95. The minimum absolute atomic E-state index is 0.0140. The van der Waals surface area contributed by atoms with Gasteiger partial charge in [0.2, 0.25) is 0 Å². The molecule has 3 rings (SSSR count). The van der Waals surface area contributed by atoms with Crippen LogP contribution in [0.4, 0.5) is 5.82 Å². The molecule has 136 valence electrons. The lowest BCUT2D eigenvalue weighted by molar-refractivity contribution is -0.00228. The van der Waals surface area contributed by atoms with E-state index in [2.05, 4.69) is 21.8 Å². The summed E-state index contributed by atoms with van der Waals surface area (Å²) in [4.78, 5) is 0. The van der Waals surface area contributed by atoms with Crippen molar-refractivity contribution in [3.05, 3.63) is 47.7 Å². The van der Waals surface area contributed by atoms with Crippen molar-refractivity contribution >= 4 is 5.82 Å². The van der Waals surface area contributed by atoms with E-state index < -0.39 is 6.10 Å². The van der Waals surface area contributed by atoms with Crippen molar-refractivity contribution in [2.75, 3.05) is 31.6 Å². The average Bonchev–Trinajstić information content (AvgIpc) is 2.99. The molecule has 0 radical (unpaired) electrons. The first-order valence-electron chi connectivity index (χ1n) is 8.95. The minimum atomic E-state index is -0.509. The molecule has 0 bridgehead atoms. The van der Waals surface area contributed by atoms with Gasteiger partial charge in [-0.1, -0.05) is 30.3 Å². The van der Waals surface area contributed by atoms with E-state index in [9.17, 15) is 5.11 Å². The van der Waals surface area contributed by atoms with Crippen LogP contribution in [-0.4, -0.2) is 47.2 Å². The number of aromatic nitrogens is 2. The van der Waals surface area contributed by atoms with Crippen LogP contribution in [0.5, 0.6) is 0 Å². The summed E-state index contributed by atoms with van der Waals surface area (Å²) >= 11 is 0. The van der Waals surface area contributed by atoms with E-state index in [0.29, 0.717) is 19.1 Å². The number of fused-ring (bicyclic) bond motifs is 1. The Labute approximate surface area is 149 Å². The van der Waals surface area contributed by atoms with E-state index in [1.165, 1.54) is 0 Å². The first kappa shape index (κ1) is 17.9. The Kier molecular flexibility index (Phi) is 6.07. The van der Waals surface area contributed by atoms with E-state index in [-0.39, 0.29) is 6.10 Å². The van der Waals surface area contributed by atoms with Crippen LogP contribution in [0.2, 0.25) is 0 Å². The molecule has 0 aliphatic carbocycles. The number of nitrogens with one attached hydrogen (secondary N) is 2. The van der Waals surface area contributed by atoms with Gasteiger partial charge in [-0.25, -0.2) is 4.68 Å². The molecule has 2 aromatic rings. The van der Waals surface area contributed by atoms with Gasteiger partial charge in [-0.2, -0.15) is 5.10 Å². The van der Waals surface area contributed by atoms with Crippen LogP contribution < -0.4 is 10.6 Å². The van der Waals surface area contributed by atoms with Gasteiger partial charge in [-0.05, 0) is 19.4 Å². The smallest absolute Gasteiger partial charge is 0.124 e. The third-order valence-electron chi connectivity index (χ3n) is 4.53. The molecule has 1 aromatic carbocycles. The van der Waals surface area contributed by atoms with Gasteiger partial charge in [-0.15, -0.1) is 0 Å². The largest absolute Gasteiger partial charge is 0.389 e. The molecular weight excluding hydrogens is 316 g/mol. The van der Waals surface area contributed by atoms with Crippen molar-refractivity contribution in [2.24, 2.45) is 5.92 Å². The molecule has 0 saturated carbocycles. The van der Waals surface area contributed by atoms with E-state index in [1.54, 1.807) is 0 Å². The second kappa shape index (κ2) is 8.47. The normalized spacial score (nSPS) is 19.1. The predicted molar refractivity (Wildman–Crippen MR) is 98.6 cm³/mol. The maximum absolute atomic E-state index is 10.1. The third kappa shape index (κ3) is 5.04. The highest BCUT2D eigenvalue weighted by Gasteiger charge is 2.19. The van der Waals surface area contributed by atoms with E-state index >= 15 is 0 Å². The molecule has 1 aliphatic heterocycles. The van der Waals surface area contributed by atoms with Crippen LogP contribution in [-0.2, 0) is 11.3 Å². The van der Waals surface area contributed by atoms with Gasteiger partial charge in [0.05, 0.1) is 24.5 Å². The molecule has 1 aliphatic rings. The third-order valence-corrected chi connectivity index (χ3v) is 4.53. The van der Waals surface area contributed by atoms with Crippen molar-refractivity contribution < 1.29 is 9.84 Å². The molecule has 1 aromatic heterocycles. The molecule has 0 spiro atoms. The summed E-state index contributed by atoms with van der Waals surface area (Å²) < 4.78 is 7.79. The highest BCUT2D eigenvalue weighted by Crippen LogP contribution is 2.18. The van der Waals surface area contributed by atoms with Gasteiger partial charge < -0.3 is 20.5 Å². The van der Waals surface area contributed by atoms with Gasteiger partial charge in [0.15, 0.2) is 0 Å². The lowest BCUT2D eigenvalue weighted by Crippen LogP contribution is -2.39. The molecule has 2 heterocycles. The Morgan fingerprint density at radius 1 is 1.40 bits per heavy atom. The van der Waals surface area contributed by atoms with Crippen LogP contribution >= 0.6 is 0 Å². The molecule has 0 amide bonds. The van der Waals surface area contributed by atoms with E-state index in [4.69, 9.17) is 4.74 Å². The molecule has 25 heavy (non-hydrogen) atoms. The average molecular weight is 344 g/mol. The molecular formula is C19H28N4O2. The topological polar surface area (TPSA) is 71.3 Å². The summed E-state index contributed by atoms with van der Waals surface area (Å²) in [6.45, 7) is 7.55. The molecule has 0 fully saturated rings. The summed E-state index contributed by atoms with van der Waals surface area (Å²) in [5.41, 5.74) is 2.16. The first-order chi connectivity index (χ1) is 12.1. The second-order valence-electron chi connectivity index (χ2n) is 6.80. The monoisotopic (exact) mass is 344 g/mol. The number of aliphatic hydroxyl groups excluding tert-OH is 1. The number of aryl methyl sites for hydroxylation is 1. The lowest BCUT2D eigenvalue weighted by Gasteiger charge is -2.25. The predicted octanol–water partition coefficient (Wildman–Crippen LogP) is 1.96. The highest BCUT2D eigenvalue weighted by atomic mass is 16.5. The summed E-state index contributed by atoms with van der Waals surface area (Å²) in [6.07, 6.45) is -0.523. The fourth-order valence-corrected chi connectivity index (χ4v) is 3.11. The van der Waals surface area contributed by atoms with Gasteiger partial charge >= 0.3 is 0 Å². The van der Waals surface area contributed by atoms with Crippen molar-refractivity contribution in [3.8, 4) is 0 Å². The molecule has 0 unspecified atom stereocenters. The number of hydrogen-bond donors (Lipinski definition) is 3. The van der Waals surface area contributed by atoms with E-state index in [1.807, 2.05) is 48.9 Å². The van der Waals surface area contributed by atoms with Crippen LogP contribution in [0.25, 0.3) is 0 Å². The van der Waals surface area contributed by atoms with Crippen molar-refractivity contribution in [3.63, 3.8) is 0 Å². The molecule has 6 nitrogen and oxygen atoms in total. The summed E-state index contributed by atoms with van der Waals surface area (Å²) in [6, 6.07) is 12.1. The van der Waals surface area contributed by atoms with E-state index in [0.717, 1.165) is 36.7 Å². The maximum Gasteiger partial charge on any atom is 0.124 e. The van der Waals surface area contributed by atoms with Crippen LogP contribution in [0.3, 0.4) is 0 Å². The number of rotatable bonds is 8. The molecule has 0 saturated heterocycles. The van der Waals surface area contributed by atoms with Crippen LogP contribution in [0.1, 0.15) is 24.3 Å². The standard InChI is InChI=1S/C19H28N4O2/c1-14-8-19-21-10-16(12-23(19)22-14)9-20-11-18(24)13-25-15(2)17-6-4-3-5-7-17/h3-8,15-16,18,20-21,24H,9-13H2,1-2H3/t15-,16+,18-/m0/s1. The number of aliphatic hydroxyl groups is 1. The van der Waals surface area contributed by atoms with Crippen molar-refractivity contribution in [1.82, 2.24) is 15.1 Å². The summed E-state index contributed by atoms with van der Waals surface area (Å²) in [5.74, 6) is 1.56. The number of anilines is 1. The molecule has 3 N–H and O–H groups in total. The maximum atomic E-state index is 10.1. The summed E-state index contributed by atoms with van der Waals surface area (Å²) in [5, 5.41) is 21.3. The highest BCUT2D eigenvalue weighted by molar-refractivity contribution is 5.38. The second-order valence-corrected chi connectivity index (χ2v) is 6.80. The Balaban J connectivity index is 1.34. The van der Waals surface area contributed by atoms with Gasteiger partial charge in [0.1, 0.15) is 5.82 Å². The van der Waals surface area contributed by atoms with Gasteiger partial charge in [0, 0.05) is 38.2 Å². The van der Waals surface area contributed by atoms with Crippen molar-refractivity contribution in [2.45, 2.75) is 32.6 Å². The van der Waals surface area contributed by atoms with Crippen LogP contribution in [0.15, 0.2) is 36.4 Å². The fraction of sp³-hybridized carbons (Fsp3) is 0.526. The Morgan fingerprint density at radius 3 is 3.00 bits per heavy atom. The van der Waals surface area contributed by atoms with Gasteiger partial charge in [0.25, 0.3) is 0 Å². The summed E-state index contributed by atoms with van der Waals surface area (Å²) in [7, 11) is 0. The van der Waals surface area contributed by atoms with Gasteiger partial charge in [-0.3, -0.25) is 0 Å².